The normalized spacial score (nSPS) is 12.7. The van der Waals surface area contributed by atoms with Crippen LogP contribution < -0.4 is 5.32 Å². The van der Waals surface area contributed by atoms with E-state index in [4.69, 9.17) is 0 Å². The summed E-state index contributed by atoms with van der Waals surface area (Å²) >= 11 is 0. The van der Waals surface area contributed by atoms with Crippen LogP contribution in [0.25, 0.3) is 0 Å². The molecule has 2 aromatic rings. The highest BCUT2D eigenvalue weighted by Gasteiger charge is 2.17. The predicted octanol–water partition coefficient (Wildman–Crippen LogP) is 2.17. The van der Waals surface area contributed by atoms with Crippen LogP contribution in [0.2, 0.25) is 0 Å². The lowest BCUT2D eigenvalue weighted by Crippen LogP contribution is -2.29. The standard InChI is InChI=1S/C14H21N5O/c1-5-18-9-7-15-13(18)11(4)16-14(20)12-6-8-19(17-12)10(2)3/h6-11H,5H2,1-4H3,(H,16,20). The Bertz CT molecular complexity index is 584. The molecule has 2 heterocycles. The second kappa shape index (κ2) is 5.90. The topological polar surface area (TPSA) is 64.7 Å². The van der Waals surface area contributed by atoms with Crippen LogP contribution in [0.1, 0.15) is 56.1 Å². The van der Waals surface area contributed by atoms with Gasteiger partial charge in [-0.05, 0) is 33.8 Å². The van der Waals surface area contributed by atoms with E-state index in [9.17, 15) is 4.79 Å². The van der Waals surface area contributed by atoms with E-state index in [0.717, 1.165) is 12.4 Å². The van der Waals surface area contributed by atoms with Crippen molar-refractivity contribution in [2.45, 2.75) is 46.3 Å². The molecule has 6 heteroatoms. The van der Waals surface area contributed by atoms with Gasteiger partial charge in [0.05, 0.1) is 6.04 Å². The van der Waals surface area contributed by atoms with Crippen molar-refractivity contribution in [1.82, 2.24) is 24.6 Å². The third-order valence-electron chi connectivity index (χ3n) is 3.19. The SMILES string of the molecule is CCn1ccnc1C(C)NC(=O)c1ccn(C(C)C)n1. The summed E-state index contributed by atoms with van der Waals surface area (Å²) in [5.41, 5.74) is 0.431. The second-order valence-corrected chi connectivity index (χ2v) is 5.04. The molecule has 1 unspecified atom stereocenters. The molecule has 108 valence electrons. The lowest BCUT2D eigenvalue weighted by molar-refractivity contribution is 0.0931. The van der Waals surface area contributed by atoms with E-state index in [1.54, 1.807) is 16.9 Å². The molecule has 2 rings (SSSR count). The van der Waals surface area contributed by atoms with Gasteiger partial charge in [-0.2, -0.15) is 5.10 Å². The van der Waals surface area contributed by atoms with Gasteiger partial charge in [0.1, 0.15) is 11.5 Å². The van der Waals surface area contributed by atoms with Gasteiger partial charge in [-0.25, -0.2) is 4.98 Å². The van der Waals surface area contributed by atoms with Gasteiger partial charge in [0.2, 0.25) is 0 Å². The molecule has 0 aliphatic carbocycles. The van der Waals surface area contributed by atoms with Crippen molar-refractivity contribution in [3.8, 4) is 0 Å². The number of imidazole rings is 1. The Labute approximate surface area is 118 Å². The first-order valence-corrected chi connectivity index (χ1v) is 6.90. The van der Waals surface area contributed by atoms with Crippen molar-refractivity contribution < 1.29 is 4.79 Å². The molecule has 1 N–H and O–H groups in total. The molecule has 0 saturated heterocycles. The highest BCUT2D eigenvalue weighted by molar-refractivity contribution is 5.92. The summed E-state index contributed by atoms with van der Waals surface area (Å²) in [6.45, 7) is 8.85. The van der Waals surface area contributed by atoms with E-state index < -0.39 is 0 Å². The number of nitrogens with zero attached hydrogens (tertiary/aromatic N) is 4. The maximum Gasteiger partial charge on any atom is 0.272 e. The van der Waals surface area contributed by atoms with Crippen molar-refractivity contribution >= 4 is 5.91 Å². The molecule has 0 radical (unpaired) electrons. The third kappa shape index (κ3) is 2.89. The fourth-order valence-corrected chi connectivity index (χ4v) is 2.05. The summed E-state index contributed by atoms with van der Waals surface area (Å²) in [6.07, 6.45) is 5.47. The van der Waals surface area contributed by atoms with Gasteiger partial charge in [-0.1, -0.05) is 0 Å². The fraction of sp³-hybridized carbons (Fsp3) is 0.500. The maximum absolute atomic E-state index is 12.2. The molecule has 2 aromatic heterocycles. The van der Waals surface area contributed by atoms with Crippen molar-refractivity contribution in [2.24, 2.45) is 0 Å². The Morgan fingerprint density at radius 2 is 2.10 bits per heavy atom. The van der Waals surface area contributed by atoms with Crippen LogP contribution in [0.3, 0.4) is 0 Å². The highest BCUT2D eigenvalue weighted by Crippen LogP contribution is 2.11. The Morgan fingerprint density at radius 3 is 2.70 bits per heavy atom. The van der Waals surface area contributed by atoms with Gasteiger partial charge in [0.15, 0.2) is 0 Å². The zero-order valence-corrected chi connectivity index (χ0v) is 12.4. The number of hydrogen-bond donors (Lipinski definition) is 1. The molecule has 0 spiro atoms. The number of carbonyl (C=O) groups excluding carboxylic acids is 1. The maximum atomic E-state index is 12.2. The Balaban J connectivity index is 2.07. The van der Waals surface area contributed by atoms with E-state index in [2.05, 4.69) is 15.4 Å². The van der Waals surface area contributed by atoms with Crippen LogP contribution in [0.5, 0.6) is 0 Å². The second-order valence-electron chi connectivity index (χ2n) is 5.04. The highest BCUT2D eigenvalue weighted by atomic mass is 16.2. The van der Waals surface area contributed by atoms with E-state index in [0.29, 0.717) is 5.69 Å². The first kappa shape index (κ1) is 14.3. The number of aryl methyl sites for hydroxylation is 1. The molecule has 6 nitrogen and oxygen atoms in total. The average molecular weight is 275 g/mol. The lowest BCUT2D eigenvalue weighted by Gasteiger charge is -2.14. The van der Waals surface area contributed by atoms with Crippen molar-refractivity contribution in [2.75, 3.05) is 0 Å². The number of nitrogens with one attached hydrogen (secondary N) is 1. The Hall–Kier alpha value is -2.11. The van der Waals surface area contributed by atoms with Crippen molar-refractivity contribution in [3.05, 3.63) is 36.2 Å². The van der Waals surface area contributed by atoms with Crippen LogP contribution in [0, 0.1) is 0 Å². The molecule has 0 aliphatic heterocycles. The quantitative estimate of drug-likeness (QED) is 0.909. The summed E-state index contributed by atoms with van der Waals surface area (Å²) in [4.78, 5) is 16.5. The number of rotatable bonds is 5. The third-order valence-corrected chi connectivity index (χ3v) is 3.19. The van der Waals surface area contributed by atoms with Crippen LogP contribution in [-0.2, 0) is 6.54 Å². The zero-order chi connectivity index (χ0) is 14.7. The summed E-state index contributed by atoms with van der Waals surface area (Å²) in [6, 6.07) is 1.82. The smallest absolute Gasteiger partial charge is 0.272 e. The minimum atomic E-state index is -0.178. The van der Waals surface area contributed by atoms with Gasteiger partial charge < -0.3 is 9.88 Å². The minimum Gasteiger partial charge on any atom is -0.341 e. The molecule has 20 heavy (non-hydrogen) atoms. The van der Waals surface area contributed by atoms with Gasteiger partial charge in [-0.3, -0.25) is 9.48 Å². The first-order valence-electron chi connectivity index (χ1n) is 6.90. The molecule has 0 fully saturated rings. The molecule has 1 atom stereocenters. The van der Waals surface area contributed by atoms with E-state index in [1.807, 2.05) is 44.7 Å². The van der Waals surface area contributed by atoms with Crippen molar-refractivity contribution in [1.29, 1.82) is 0 Å². The molecule has 0 bridgehead atoms. The van der Waals surface area contributed by atoms with Crippen LogP contribution in [0.4, 0.5) is 0 Å². The largest absolute Gasteiger partial charge is 0.341 e. The molecule has 1 amide bonds. The monoisotopic (exact) mass is 275 g/mol. The minimum absolute atomic E-state index is 0.151. The number of hydrogen-bond acceptors (Lipinski definition) is 3. The molecule has 0 aliphatic rings. The summed E-state index contributed by atoms with van der Waals surface area (Å²) in [5, 5.41) is 7.19. The van der Waals surface area contributed by atoms with Crippen LogP contribution >= 0.6 is 0 Å². The summed E-state index contributed by atoms with van der Waals surface area (Å²) in [7, 11) is 0. The van der Waals surface area contributed by atoms with Gasteiger partial charge in [-0.15, -0.1) is 0 Å². The predicted molar refractivity (Wildman–Crippen MR) is 76.4 cm³/mol. The molecular weight excluding hydrogens is 254 g/mol. The van der Waals surface area contributed by atoms with Crippen molar-refractivity contribution in [3.63, 3.8) is 0 Å². The summed E-state index contributed by atoms with van der Waals surface area (Å²) < 4.78 is 3.78. The van der Waals surface area contributed by atoms with E-state index in [-0.39, 0.29) is 18.0 Å². The molecule has 0 aromatic carbocycles. The number of carbonyl (C=O) groups is 1. The van der Waals surface area contributed by atoms with Gasteiger partial charge in [0.25, 0.3) is 5.91 Å². The fourth-order valence-electron chi connectivity index (χ4n) is 2.05. The Kier molecular flexibility index (Phi) is 4.22. The zero-order valence-electron chi connectivity index (χ0n) is 12.4. The number of aromatic nitrogens is 4. The molecule has 0 saturated carbocycles. The van der Waals surface area contributed by atoms with E-state index >= 15 is 0 Å². The van der Waals surface area contributed by atoms with Crippen LogP contribution in [-0.4, -0.2) is 25.2 Å². The van der Waals surface area contributed by atoms with Crippen LogP contribution in [0.15, 0.2) is 24.7 Å². The Morgan fingerprint density at radius 1 is 1.35 bits per heavy atom. The molecular formula is C14H21N5O. The first-order chi connectivity index (χ1) is 9.52. The van der Waals surface area contributed by atoms with Gasteiger partial charge in [0, 0.05) is 31.2 Å². The van der Waals surface area contributed by atoms with Gasteiger partial charge >= 0.3 is 0 Å². The van der Waals surface area contributed by atoms with E-state index in [1.165, 1.54) is 0 Å². The number of amides is 1. The summed E-state index contributed by atoms with van der Waals surface area (Å²) in [5.74, 6) is 0.673. The lowest BCUT2D eigenvalue weighted by atomic mass is 10.3. The average Bonchev–Trinajstić information content (AvgIpc) is 3.07.